The fourth-order valence-electron chi connectivity index (χ4n) is 2.38. The summed E-state index contributed by atoms with van der Waals surface area (Å²) in [4.78, 5) is 27.3. The minimum Gasteiger partial charge on any atom is -0.331 e. The van der Waals surface area contributed by atoms with E-state index in [2.05, 4.69) is 25.3 Å². The quantitative estimate of drug-likeness (QED) is 0.558. The van der Waals surface area contributed by atoms with Gasteiger partial charge in [0, 0.05) is 17.1 Å². The first kappa shape index (κ1) is 17.0. The Balaban J connectivity index is 0.00000182. The monoisotopic (exact) mass is 373 g/mol. The predicted octanol–water partition coefficient (Wildman–Crippen LogP) is 3.87. The zero-order valence-corrected chi connectivity index (χ0v) is 14.4. The summed E-state index contributed by atoms with van der Waals surface area (Å²) in [5, 5.41) is 3.92. The summed E-state index contributed by atoms with van der Waals surface area (Å²) < 4.78 is 0. The molecule has 0 fully saturated rings. The van der Waals surface area contributed by atoms with Gasteiger partial charge in [0.2, 0.25) is 5.95 Å². The topological polar surface area (TPSA) is 86.5 Å². The van der Waals surface area contributed by atoms with Crippen LogP contribution in [0.3, 0.4) is 0 Å². The zero-order valence-electron chi connectivity index (χ0n) is 12.8. The molecular formula is C17H13Cl2N5O. The van der Waals surface area contributed by atoms with Crippen molar-refractivity contribution < 1.29 is 0 Å². The Hall–Kier alpha value is -2.83. The lowest BCUT2D eigenvalue weighted by atomic mass is 10.2. The lowest BCUT2D eigenvalue weighted by molar-refractivity contribution is 1.12. The number of H-pyrrole nitrogens is 2. The maximum Gasteiger partial charge on any atom is 0.255 e. The SMILES string of the molecule is Cl.O=c1[nH]c2cccc(c2)nc2[nH]c(nc3cccc1c3)NC=C2Cl. The van der Waals surface area contributed by atoms with Gasteiger partial charge in [-0.1, -0.05) is 23.7 Å². The molecule has 0 saturated heterocycles. The molecule has 1 aliphatic heterocycles. The lowest BCUT2D eigenvalue weighted by Crippen LogP contribution is -2.03. The number of aromatic amines is 2. The minimum atomic E-state index is -0.207. The molecule has 6 bridgehead atoms. The van der Waals surface area contributed by atoms with Gasteiger partial charge in [0.25, 0.3) is 5.56 Å². The summed E-state index contributed by atoms with van der Waals surface area (Å²) in [5.41, 5.74) is 1.74. The van der Waals surface area contributed by atoms with Gasteiger partial charge < -0.3 is 15.3 Å². The van der Waals surface area contributed by atoms with Gasteiger partial charge in [-0.15, -0.1) is 12.4 Å². The molecule has 2 heterocycles. The smallest absolute Gasteiger partial charge is 0.255 e. The molecule has 6 nitrogen and oxygen atoms in total. The fourth-order valence-corrected chi connectivity index (χ4v) is 2.53. The van der Waals surface area contributed by atoms with Crippen molar-refractivity contribution in [1.29, 1.82) is 0 Å². The fraction of sp³-hybridized carbons (Fsp3) is 0. The second-order valence-electron chi connectivity index (χ2n) is 5.24. The summed E-state index contributed by atoms with van der Waals surface area (Å²) >= 11 is 6.19. The van der Waals surface area contributed by atoms with Crippen molar-refractivity contribution in [3.05, 3.63) is 70.9 Å². The number of fused-ring (bicyclic) bond motifs is 6. The highest BCUT2D eigenvalue weighted by Gasteiger charge is 2.06. The van der Waals surface area contributed by atoms with E-state index in [4.69, 9.17) is 11.6 Å². The van der Waals surface area contributed by atoms with Crippen LogP contribution < -0.4 is 10.9 Å². The van der Waals surface area contributed by atoms with Crippen LogP contribution in [0.2, 0.25) is 0 Å². The molecule has 8 heteroatoms. The first-order chi connectivity index (χ1) is 11.7. The van der Waals surface area contributed by atoms with Gasteiger partial charge in [0.05, 0.1) is 16.1 Å². The van der Waals surface area contributed by atoms with Crippen LogP contribution in [0.5, 0.6) is 0 Å². The maximum atomic E-state index is 12.4. The average Bonchev–Trinajstić information content (AvgIpc) is 2.58. The number of nitrogens with zero attached hydrogens (tertiary/aromatic N) is 2. The molecule has 0 spiro atoms. The van der Waals surface area contributed by atoms with E-state index in [1.807, 2.05) is 18.2 Å². The number of halogens is 2. The molecule has 0 amide bonds. The van der Waals surface area contributed by atoms with E-state index in [1.54, 1.807) is 36.5 Å². The van der Waals surface area contributed by atoms with Crippen LogP contribution in [-0.4, -0.2) is 19.9 Å². The molecule has 0 atom stereocenters. The third-order valence-electron chi connectivity index (χ3n) is 3.49. The van der Waals surface area contributed by atoms with Crippen molar-refractivity contribution in [3.8, 4) is 0 Å². The number of anilines is 1. The van der Waals surface area contributed by atoms with Crippen LogP contribution in [0.25, 0.3) is 27.0 Å². The third-order valence-corrected chi connectivity index (χ3v) is 3.78. The molecule has 0 radical (unpaired) electrons. The standard InChI is InChI=1S/C17H12ClN5O.ClH/c18-14-9-19-17-22-11-4-1-3-10(7-11)16(24)21-13-6-2-5-12(8-13)20-15(14)23-17;/h1-9H,(H,21,24)(H2,19,20,22,23);1H. The van der Waals surface area contributed by atoms with Crippen molar-refractivity contribution in [3.63, 3.8) is 0 Å². The number of rotatable bonds is 0. The summed E-state index contributed by atoms with van der Waals surface area (Å²) in [6.07, 6.45) is 1.62. The number of benzene rings is 2. The van der Waals surface area contributed by atoms with Crippen molar-refractivity contribution in [1.82, 2.24) is 19.9 Å². The van der Waals surface area contributed by atoms with Crippen LogP contribution >= 0.6 is 24.0 Å². The number of nitrogens with one attached hydrogen (secondary N) is 3. The molecule has 3 N–H and O–H groups in total. The van der Waals surface area contributed by atoms with Crippen LogP contribution in [0.1, 0.15) is 5.82 Å². The number of hydrogen-bond acceptors (Lipinski definition) is 4. The van der Waals surface area contributed by atoms with Crippen molar-refractivity contribution in [2.24, 2.45) is 0 Å². The average molecular weight is 374 g/mol. The molecule has 1 aliphatic rings. The summed E-state index contributed by atoms with van der Waals surface area (Å²) in [7, 11) is 0. The van der Waals surface area contributed by atoms with Crippen LogP contribution in [-0.2, 0) is 0 Å². The molecule has 1 aromatic heterocycles. The van der Waals surface area contributed by atoms with Gasteiger partial charge in [-0.05, 0) is 36.4 Å². The molecule has 126 valence electrons. The largest absolute Gasteiger partial charge is 0.331 e. The lowest BCUT2D eigenvalue weighted by Gasteiger charge is -2.07. The van der Waals surface area contributed by atoms with Crippen molar-refractivity contribution >= 4 is 56.9 Å². The Morgan fingerprint density at radius 3 is 2.52 bits per heavy atom. The van der Waals surface area contributed by atoms with Gasteiger partial charge in [-0.3, -0.25) is 4.79 Å². The van der Waals surface area contributed by atoms with Crippen LogP contribution in [0, 0.1) is 0 Å². The first-order valence-corrected chi connectivity index (χ1v) is 7.64. The molecule has 4 rings (SSSR count). The predicted molar refractivity (Wildman–Crippen MR) is 103 cm³/mol. The Morgan fingerprint density at radius 1 is 0.920 bits per heavy atom. The van der Waals surface area contributed by atoms with Gasteiger partial charge in [0.15, 0.2) is 5.82 Å². The Bertz CT molecular complexity index is 1130. The zero-order chi connectivity index (χ0) is 16.5. The summed E-state index contributed by atoms with van der Waals surface area (Å²) in [6.45, 7) is 0. The van der Waals surface area contributed by atoms with Crippen molar-refractivity contribution in [2.75, 3.05) is 5.32 Å². The highest BCUT2D eigenvalue weighted by Crippen LogP contribution is 2.19. The summed E-state index contributed by atoms with van der Waals surface area (Å²) in [5.74, 6) is 0.958. The van der Waals surface area contributed by atoms with E-state index in [9.17, 15) is 4.79 Å². The second kappa shape index (κ2) is 6.96. The van der Waals surface area contributed by atoms with Gasteiger partial charge >= 0.3 is 0 Å². The molecule has 0 aliphatic carbocycles. The van der Waals surface area contributed by atoms with Crippen molar-refractivity contribution in [2.45, 2.75) is 0 Å². The van der Waals surface area contributed by atoms with E-state index in [1.165, 1.54) is 0 Å². The Labute approximate surface area is 153 Å². The first-order valence-electron chi connectivity index (χ1n) is 7.26. The molecule has 0 unspecified atom stereocenters. The van der Waals surface area contributed by atoms with E-state index in [0.717, 1.165) is 0 Å². The van der Waals surface area contributed by atoms with E-state index < -0.39 is 0 Å². The second-order valence-corrected chi connectivity index (χ2v) is 5.64. The molecule has 3 aromatic rings. The number of hydrogen-bond donors (Lipinski definition) is 3. The Morgan fingerprint density at radius 2 is 1.68 bits per heavy atom. The number of aromatic nitrogens is 4. The Kier molecular flexibility index (Phi) is 4.74. The third kappa shape index (κ3) is 3.65. The maximum absolute atomic E-state index is 12.4. The van der Waals surface area contributed by atoms with Gasteiger partial charge in [0.1, 0.15) is 0 Å². The minimum absolute atomic E-state index is 0. The van der Waals surface area contributed by atoms with Gasteiger partial charge in [-0.25, -0.2) is 9.97 Å². The van der Waals surface area contributed by atoms with Crippen LogP contribution in [0.4, 0.5) is 5.95 Å². The normalized spacial score (nSPS) is 11.8. The van der Waals surface area contributed by atoms with E-state index in [-0.39, 0.29) is 18.0 Å². The molecule has 25 heavy (non-hydrogen) atoms. The van der Waals surface area contributed by atoms with E-state index in [0.29, 0.717) is 38.7 Å². The van der Waals surface area contributed by atoms with Crippen LogP contribution in [0.15, 0.2) is 59.5 Å². The van der Waals surface area contributed by atoms with Gasteiger partial charge in [-0.2, -0.15) is 0 Å². The summed E-state index contributed by atoms with van der Waals surface area (Å²) in [6, 6.07) is 14.3. The molecule has 0 saturated carbocycles. The highest BCUT2D eigenvalue weighted by molar-refractivity contribution is 6.48. The highest BCUT2D eigenvalue weighted by atomic mass is 35.5. The molecular weight excluding hydrogens is 361 g/mol. The van der Waals surface area contributed by atoms with E-state index >= 15 is 0 Å². The molecule has 2 aromatic carbocycles.